The van der Waals surface area contributed by atoms with Crippen LogP contribution in [0.2, 0.25) is 0 Å². The highest BCUT2D eigenvalue weighted by atomic mass is 35.6. The Morgan fingerprint density at radius 1 is 0.308 bits per heavy atom. The molecule has 0 radical (unpaired) electrons. The quantitative estimate of drug-likeness (QED) is 0.281. The zero-order chi connectivity index (χ0) is 22.0. The molecule has 0 aliphatic heterocycles. The second kappa shape index (κ2) is 8.92. The molecule has 0 aliphatic carbocycles. The molecule has 1 nitrogen and oxygen atoms in total. The number of aliphatic hydroxyl groups is 1. The summed E-state index contributed by atoms with van der Waals surface area (Å²) in [4.78, 5) is 0. The predicted octanol–water partition coefficient (Wildman–Crippen LogP) is 9.52. The number of rotatable bonds is 5. The van der Waals surface area contributed by atoms with Crippen LogP contribution in [0, 0.1) is 0 Å². The lowest BCUT2D eigenvalue weighted by molar-refractivity contribution is 0.104. The molecule has 0 spiro atoms. The Balaban J connectivity index is 6.61. The summed E-state index contributed by atoms with van der Waals surface area (Å²) in [5.74, 6) is 0. The molecule has 1 N–H and O–H groups in total. The van der Waals surface area contributed by atoms with Gasteiger partial charge in [0.1, 0.15) is 0 Å². The van der Waals surface area contributed by atoms with Crippen LogP contribution in [-0.2, 0) is 0 Å². The maximum absolute atomic E-state index is 10.3. The van der Waals surface area contributed by atoms with Crippen LogP contribution in [0.15, 0.2) is 0 Å². The molecule has 0 aromatic heterocycles. The van der Waals surface area contributed by atoms with Crippen LogP contribution >= 0.6 is 197 Å². The molecule has 0 amide bonds. The van der Waals surface area contributed by atoms with E-state index in [-0.39, 0.29) is 0 Å². The van der Waals surface area contributed by atoms with Crippen LogP contribution in [0.4, 0.5) is 0 Å². The lowest BCUT2D eigenvalue weighted by Gasteiger charge is -2.53. The molecule has 18 heteroatoms. The number of hydrogen-bond acceptors (Lipinski definition) is 1. The van der Waals surface area contributed by atoms with Gasteiger partial charge in [-0.05, 0) is 0 Å². The Kier molecular flexibility index (Phi) is 10.6. The van der Waals surface area contributed by atoms with Crippen molar-refractivity contribution in [3.05, 3.63) is 0 Å². The Labute approximate surface area is 233 Å². The largest absolute Gasteiger partial charge is 0.369 e. The van der Waals surface area contributed by atoms with E-state index in [4.69, 9.17) is 197 Å². The van der Waals surface area contributed by atoms with Crippen LogP contribution in [-0.4, -0.2) is 39.4 Å². The van der Waals surface area contributed by atoms with E-state index < -0.39 is 34.3 Å². The van der Waals surface area contributed by atoms with Gasteiger partial charge in [0.15, 0.2) is 13.0 Å². The van der Waals surface area contributed by atoms with E-state index in [0.29, 0.717) is 0 Å². The molecule has 0 saturated carbocycles. The highest BCUT2D eigenvalue weighted by molar-refractivity contribution is 6.82. The fourth-order valence-corrected chi connectivity index (χ4v) is 5.95. The summed E-state index contributed by atoms with van der Waals surface area (Å²) in [6.07, 6.45) is 0. The smallest absolute Gasteiger partial charge is 0.235 e. The number of hydrogen-bond donors (Lipinski definition) is 1. The first-order valence-electron chi connectivity index (χ1n) is 5.19. The molecule has 26 heavy (non-hydrogen) atoms. The van der Waals surface area contributed by atoms with Gasteiger partial charge in [0.2, 0.25) is 21.3 Å². The second-order valence-electron chi connectivity index (χ2n) is 4.49. The van der Waals surface area contributed by atoms with Gasteiger partial charge in [-0.15, -0.1) is 0 Å². The van der Waals surface area contributed by atoms with Gasteiger partial charge in [-0.3, -0.25) is 0 Å². The van der Waals surface area contributed by atoms with Gasteiger partial charge < -0.3 is 5.11 Å². The molecule has 0 fully saturated rings. The molecule has 158 valence electrons. The van der Waals surface area contributed by atoms with Crippen LogP contribution in [0.1, 0.15) is 0 Å². The first kappa shape index (κ1) is 30.9. The van der Waals surface area contributed by atoms with Gasteiger partial charge in [-0.2, -0.15) is 0 Å². The average Bonchev–Trinajstić information content (AvgIpc) is 2.34. The van der Waals surface area contributed by atoms with E-state index in [1.54, 1.807) is 0 Å². The van der Waals surface area contributed by atoms with E-state index in [9.17, 15) is 5.11 Å². The third kappa shape index (κ3) is 4.88. The molecular weight excluding hydrogens is 715 g/mol. The molecule has 1 unspecified atom stereocenters. The topological polar surface area (TPSA) is 20.2 Å². The highest BCUT2D eigenvalue weighted by Crippen LogP contribution is 2.71. The van der Waals surface area contributed by atoms with E-state index in [2.05, 4.69) is 0 Å². The SMILES string of the molecule is OC(Cl)(C(Cl)(Cl)Cl)C(Cl)(Cl)C(Cl)(Cl)C(Cl)(Cl)C(Cl)(Cl)C(Cl)(Cl)C(Cl)(Cl)Cl. The van der Waals surface area contributed by atoms with Crippen molar-refractivity contribution in [2.75, 3.05) is 0 Å². The second-order valence-corrected chi connectivity index (χ2v) is 16.2. The van der Waals surface area contributed by atoms with Crippen LogP contribution in [0.25, 0.3) is 0 Å². The normalized spacial score (nSPS) is 18.7. The van der Waals surface area contributed by atoms with Crippen molar-refractivity contribution in [1.29, 1.82) is 0 Å². The molecule has 1 atom stereocenters. The van der Waals surface area contributed by atoms with E-state index >= 15 is 0 Å². The van der Waals surface area contributed by atoms with Crippen LogP contribution < -0.4 is 0 Å². The van der Waals surface area contributed by atoms with Crippen molar-refractivity contribution in [1.82, 2.24) is 0 Å². The Morgan fingerprint density at radius 2 is 0.538 bits per heavy atom. The molecule has 0 heterocycles. The van der Waals surface area contributed by atoms with Crippen molar-refractivity contribution in [3.8, 4) is 0 Å². The maximum Gasteiger partial charge on any atom is 0.235 e. The fourth-order valence-electron chi connectivity index (χ4n) is 1.16. The molecule has 0 bridgehead atoms. The number of alkyl halides is 17. The summed E-state index contributed by atoms with van der Waals surface area (Å²) in [5, 5.41) is 7.06. The lowest BCUT2D eigenvalue weighted by Crippen LogP contribution is -2.70. The first-order valence-corrected chi connectivity index (χ1v) is 11.6. The summed E-state index contributed by atoms with van der Waals surface area (Å²) in [7, 11) is 0. The van der Waals surface area contributed by atoms with Gasteiger partial charge in [-0.1, -0.05) is 197 Å². The zero-order valence-corrected chi connectivity index (χ0v) is 23.7. The van der Waals surface area contributed by atoms with Gasteiger partial charge in [0.05, 0.1) is 0 Å². The van der Waals surface area contributed by atoms with Gasteiger partial charge >= 0.3 is 0 Å². The minimum absolute atomic E-state index is 2.62. The molecule has 0 aromatic carbocycles. The Bertz CT molecular complexity index is 474. The molecule has 0 saturated heterocycles. The van der Waals surface area contributed by atoms with Gasteiger partial charge in [0.25, 0.3) is 0 Å². The van der Waals surface area contributed by atoms with Crippen molar-refractivity contribution in [2.24, 2.45) is 0 Å². The summed E-state index contributed by atoms with van der Waals surface area (Å²) < 4.78 is -20.5. The van der Waals surface area contributed by atoms with E-state index in [0.717, 1.165) is 0 Å². The molecule has 0 aliphatic rings. The Morgan fingerprint density at radius 3 is 0.769 bits per heavy atom. The van der Waals surface area contributed by atoms with Gasteiger partial charge in [-0.25, -0.2) is 0 Å². The highest BCUT2D eigenvalue weighted by Gasteiger charge is 2.81. The standard InChI is InChI=1S/C8HCl17O/c9-1(10,3(13,14)5(17,18)7(20,21)22)2(11,12)4(15,16)6(19,26)8(23,24)25/h26H. The summed E-state index contributed by atoms with van der Waals surface area (Å²) >= 11 is 99.3. The lowest BCUT2D eigenvalue weighted by atomic mass is 10.0. The zero-order valence-electron chi connectivity index (χ0n) is 10.9. The molecule has 0 aromatic rings. The minimum Gasteiger partial charge on any atom is -0.369 e. The maximum atomic E-state index is 10.3. The fraction of sp³-hybridized carbons (Fsp3) is 1.00. The number of halogens is 17. The van der Waals surface area contributed by atoms with Crippen molar-refractivity contribution in [2.45, 2.75) is 34.3 Å². The molecule has 0 rings (SSSR count). The van der Waals surface area contributed by atoms with Crippen molar-refractivity contribution in [3.63, 3.8) is 0 Å². The van der Waals surface area contributed by atoms with Crippen LogP contribution in [0.5, 0.6) is 0 Å². The minimum atomic E-state index is -3.24. The Hall–Kier alpha value is 4.89. The third-order valence-corrected chi connectivity index (χ3v) is 13.2. The third-order valence-electron chi connectivity index (χ3n) is 2.73. The first-order chi connectivity index (χ1) is 10.8. The van der Waals surface area contributed by atoms with E-state index in [1.807, 2.05) is 0 Å². The monoisotopic (exact) mass is 707 g/mol. The summed E-state index contributed by atoms with van der Waals surface area (Å²) in [5.41, 5.74) is 0. The summed E-state index contributed by atoms with van der Waals surface area (Å²) in [6, 6.07) is 0. The van der Waals surface area contributed by atoms with Crippen LogP contribution in [0.3, 0.4) is 0 Å². The van der Waals surface area contributed by atoms with E-state index in [1.165, 1.54) is 0 Å². The van der Waals surface area contributed by atoms with Gasteiger partial charge in [0, 0.05) is 0 Å². The predicted molar refractivity (Wildman–Crippen MR) is 124 cm³/mol. The molecular formula is C8HCl17O. The van der Waals surface area contributed by atoms with Crippen molar-refractivity contribution >= 4 is 197 Å². The van der Waals surface area contributed by atoms with Crippen molar-refractivity contribution < 1.29 is 5.11 Å². The summed E-state index contributed by atoms with van der Waals surface area (Å²) in [6.45, 7) is 0. The average molecular weight is 716 g/mol.